The number of aryl methyl sites for hydroxylation is 1. The fraction of sp³-hybridized carbons (Fsp3) is 0.474. The molecular formula is C19H22N4O5. The number of nitrogens with zero attached hydrogens (tertiary/aromatic N) is 2. The highest BCUT2D eigenvalue weighted by Gasteiger charge is 2.58. The zero-order chi connectivity index (χ0) is 19.9. The first kappa shape index (κ1) is 18.3. The predicted octanol–water partition coefficient (Wildman–Crippen LogP) is 1.18. The summed E-state index contributed by atoms with van der Waals surface area (Å²) in [5.41, 5.74) is 0.670. The Bertz CT molecular complexity index is 864. The van der Waals surface area contributed by atoms with E-state index >= 15 is 0 Å². The van der Waals surface area contributed by atoms with E-state index in [4.69, 9.17) is 4.74 Å². The Morgan fingerprint density at radius 3 is 2.68 bits per heavy atom. The Morgan fingerprint density at radius 2 is 1.96 bits per heavy atom. The van der Waals surface area contributed by atoms with Crippen molar-refractivity contribution in [1.29, 1.82) is 0 Å². The van der Waals surface area contributed by atoms with E-state index in [1.54, 1.807) is 23.1 Å². The summed E-state index contributed by atoms with van der Waals surface area (Å²) in [5, 5.41) is 5.16. The van der Waals surface area contributed by atoms with E-state index in [-0.39, 0.29) is 18.5 Å². The number of rotatable bonds is 3. The third-order valence-electron chi connectivity index (χ3n) is 5.60. The molecule has 148 valence electrons. The standard InChI is InChI=1S/C19H22N4O5/c1-20-17(26)21-13-4-5-14-12(10-13)6-7-19(14)16(25)23(18(27)28-19)11-15(24)22-8-2-3-9-22/h4-5,10H,2-3,6-9,11H2,1H3,(H2,20,21,26)/t19-/m1/s1. The number of benzene rings is 1. The molecule has 1 spiro atoms. The molecule has 0 radical (unpaired) electrons. The fourth-order valence-electron chi connectivity index (χ4n) is 4.13. The summed E-state index contributed by atoms with van der Waals surface area (Å²) in [6, 6.07) is 4.80. The van der Waals surface area contributed by atoms with Crippen LogP contribution in [0.1, 0.15) is 30.4 Å². The van der Waals surface area contributed by atoms with Gasteiger partial charge in [-0.15, -0.1) is 0 Å². The second-order valence-electron chi connectivity index (χ2n) is 7.25. The molecule has 2 N–H and O–H groups in total. The number of hydrogen-bond acceptors (Lipinski definition) is 5. The van der Waals surface area contributed by atoms with Gasteiger partial charge in [-0.25, -0.2) is 14.5 Å². The van der Waals surface area contributed by atoms with Crippen LogP contribution in [0.3, 0.4) is 0 Å². The molecular weight excluding hydrogens is 364 g/mol. The van der Waals surface area contributed by atoms with Crippen LogP contribution in [0.5, 0.6) is 0 Å². The van der Waals surface area contributed by atoms with Crippen molar-refractivity contribution in [3.63, 3.8) is 0 Å². The van der Waals surface area contributed by atoms with Gasteiger partial charge in [-0.05, 0) is 37.0 Å². The van der Waals surface area contributed by atoms with Crippen molar-refractivity contribution in [1.82, 2.24) is 15.1 Å². The van der Waals surface area contributed by atoms with Gasteiger partial charge in [-0.3, -0.25) is 9.59 Å². The topological polar surface area (TPSA) is 108 Å². The maximum atomic E-state index is 13.1. The van der Waals surface area contributed by atoms with Crippen LogP contribution >= 0.6 is 0 Å². The summed E-state index contributed by atoms with van der Waals surface area (Å²) in [6.45, 7) is 1.03. The van der Waals surface area contributed by atoms with E-state index in [0.717, 1.165) is 23.3 Å². The van der Waals surface area contributed by atoms with Crippen LogP contribution in [-0.4, -0.2) is 60.4 Å². The van der Waals surface area contributed by atoms with E-state index in [2.05, 4.69) is 10.6 Å². The normalized spacial score (nSPS) is 23.2. The van der Waals surface area contributed by atoms with Crippen LogP contribution in [-0.2, 0) is 26.3 Å². The van der Waals surface area contributed by atoms with Gasteiger partial charge >= 0.3 is 12.1 Å². The van der Waals surface area contributed by atoms with Crippen molar-refractivity contribution < 1.29 is 23.9 Å². The highest BCUT2D eigenvalue weighted by Crippen LogP contribution is 2.46. The molecule has 1 aromatic rings. The van der Waals surface area contributed by atoms with Crippen molar-refractivity contribution in [2.75, 3.05) is 32.0 Å². The zero-order valence-electron chi connectivity index (χ0n) is 15.6. The van der Waals surface area contributed by atoms with Crippen molar-refractivity contribution in [2.24, 2.45) is 0 Å². The highest BCUT2D eigenvalue weighted by molar-refractivity contribution is 6.06. The molecule has 1 aliphatic carbocycles. The second-order valence-corrected chi connectivity index (χ2v) is 7.25. The lowest BCUT2D eigenvalue weighted by Crippen LogP contribution is -2.43. The first-order valence-corrected chi connectivity index (χ1v) is 9.39. The zero-order valence-corrected chi connectivity index (χ0v) is 15.6. The van der Waals surface area contributed by atoms with E-state index < -0.39 is 17.6 Å². The number of carbonyl (C=O) groups excluding carboxylic acids is 4. The van der Waals surface area contributed by atoms with Crippen LogP contribution in [0.15, 0.2) is 18.2 Å². The van der Waals surface area contributed by atoms with Crippen LogP contribution in [0.25, 0.3) is 0 Å². The molecule has 0 aromatic heterocycles. The highest BCUT2D eigenvalue weighted by atomic mass is 16.6. The van der Waals surface area contributed by atoms with E-state index in [0.29, 0.717) is 37.2 Å². The number of amides is 5. The first-order chi connectivity index (χ1) is 13.4. The Balaban J connectivity index is 1.55. The average molecular weight is 386 g/mol. The lowest BCUT2D eigenvalue weighted by atomic mass is 9.94. The molecule has 1 atom stereocenters. The Morgan fingerprint density at radius 1 is 1.21 bits per heavy atom. The number of imide groups is 1. The smallest absolute Gasteiger partial charge is 0.418 e. The number of ether oxygens (including phenoxy) is 1. The summed E-state index contributed by atoms with van der Waals surface area (Å²) in [7, 11) is 1.52. The molecule has 9 nitrogen and oxygen atoms in total. The molecule has 3 aliphatic rings. The Labute approximate surface area is 162 Å². The number of fused-ring (bicyclic) bond motifs is 2. The molecule has 0 bridgehead atoms. The summed E-state index contributed by atoms with van der Waals surface area (Å²) in [4.78, 5) is 52.0. The Hall–Kier alpha value is -3.10. The van der Waals surface area contributed by atoms with E-state index in [1.165, 1.54) is 7.05 Å². The third-order valence-corrected chi connectivity index (χ3v) is 5.60. The summed E-state index contributed by atoms with van der Waals surface area (Å²) in [5.74, 6) is -0.723. The van der Waals surface area contributed by atoms with Crippen molar-refractivity contribution in [3.8, 4) is 0 Å². The number of nitrogens with one attached hydrogen (secondary N) is 2. The minimum atomic E-state index is -1.37. The van der Waals surface area contributed by atoms with Crippen LogP contribution in [0.2, 0.25) is 0 Å². The minimum absolute atomic E-state index is 0.233. The van der Waals surface area contributed by atoms with E-state index in [9.17, 15) is 19.2 Å². The number of anilines is 1. The molecule has 0 saturated carbocycles. The van der Waals surface area contributed by atoms with Gasteiger partial charge < -0.3 is 20.3 Å². The molecule has 28 heavy (non-hydrogen) atoms. The SMILES string of the molecule is CNC(=O)Nc1ccc2c(c1)CC[C@@]21OC(=O)N(CC(=O)N2CCCC2)C1=O. The Kier molecular flexibility index (Phi) is 4.44. The first-order valence-electron chi connectivity index (χ1n) is 9.39. The molecule has 5 amide bonds. The summed E-state index contributed by atoms with van der Waals surface area (Å²) in [6.07, 6.45) is 1.95. The molecule has 2 saturated heterocycles. The van der Waals surface area contributed by atoms with Crippen LogP contribution in [0.4, 0.5) is 15.3 Å². The number of carbonyl (C=O) groups is 4. The number of hydrogen-bond donors (Lipinski definition) is 2. The molecule has 0 unspecified atom stereocenters. The molecule has 9 heteroatoms. The van der Waals surface area contributed by atoms with Crippen molar-refractivity contribution in [3.05, 3.63) is 29.3 Å². The minimum Gasteiger partial charge on any atom is -0.427 e. The van der Waals surface area contributed by atoms with Gasteiger partial charge in [-0.2, -0.15) is 0 Å². The monoisotopic (exact) mass is 386 g/mol. The quantitative estimate of drug-likeness (QED) is 0.811. The number of urea groups is 1. The molecule has 2 fully saturated rings. The number of likely N-dealkylation sites (tertiary alicyclic amines) is 1. The molecule has 1 aromatic carbocycles. The van der Waals surface area contributed by atoms with Crippen LogP contribution in [0, 0.1) is 0 Å². The van der Waals surface area contributed by atoms with Gasteiger partial charge in [0.15, 0.2) is 0 Å². The molecule has 4 rings (SSSR count). The maximum Gasteiger partial charge on any atom is 0.418 e. The van der Waals surface area contributed by atoms with Gasteiger partial charge in [0.25, 0.3) is 5.91 Å². The van der Waals surface area contributed by atoms with Crippen molar-refractivity contribution >= 4 is 29.6 Å². The third kappa shape index (κ3) is 2.87. The molecule has 2 heterocycles. The lowest BCUT2D eigenvalue weighted by Gasteiger charge is -2.21. The van der Waals surface area contributed by atoms with Gasteiger partial charge in [0.2, 0.25) is 11.5 Å². The average Bonchev–Trinajstić information content (AvgIpc) is 3.38. The van der Waals surface area contributed by atoms with Gasteiger partial charge in [0, 0.05) is 37.8 Å². The fourth-order valence-corrected chi connectivity index (χ4v) is 4.13. The van der Waals surface area contributed by atoms with Gasteiger partial charge in [0.1, 0.15) is 6.54 Å². The summed E-state index contributed by atoms with van der Waals surface area (Å²) < 4.78 is 5.53. The summed E-state index contributed by atoms with van der Waals surface area (Å²) >= 11 is 0. The van der Waals surface area contributed by atoms with E-state index in [1.807, 2.05) is 0 Å². The molecule has 2 aliphatic heterocycles. The van der Waals surface area contributed by atoms with Gasteiger partial charge in [-0.1, -0.05) is 6.07 Å². The van der Waals surface area contributed by atoms with Crippen molar-refractivity contribution in [2.45, 2.75) is 31.3 Å². The largest absolute Gasteiger partial charge is 0.427 e. The predicted molar refractivity (Wildman–Crippen MR) is 98.5 cm³/mol. The maximum absolute atomic E-state index is 13.1. The second kappa shape index (κ2) is 6.81. The van der Waals surface area contributed by atoms with Gasteiger partial charge in [0.05, 0.1) is 0 Å². The van der Waals surface area contributed by atoms with Crippen LogP contribution < -0.4 is 10.6 Å². The lowest BCUT2D eigenvalue weighted by molar-refractivity contribution is -0.141.